The number of aromatic nitrogens is 1. The molecule has 5 heteroatoms. The molecule has 168 valence electrons. The third-order valence-corrected chi connectivity index (χ3v) is 7.97. The summed E-state index contributed by atoms with van der Waals surface area (Å²) in [4.78, 5) is 23.9. The Morgan fingerprint density at radius 2 is 1.74 bits per heavy atom. The fourth-order valence-electron chi connectivity index (χ4n) is 6.15. The monoisotopic (exact) mass is 422 g/mol. The predicted molar refractivity (Wildman–Crippen MR) is 127 cm³/mol. The van der Waals surface area contributed by atoms with Gasteiger partial charge in [-0.2, -0.15) is 0 Å². The molecule has 3 fully saturated rings. The molecule has 5 nitrogen and oxygen atoms in total. The maximum atomic E-state index is 13.2. The number of H-pyrrole nitrogens is 1. The van der Waals surface area contributed by atoms with Crippen molar-refractivity contribution in [3.63, 3.8) is 0 Å². The number of likely N-dealkylation sites (tertiary alicyclic amines) is 1. The standard InChI is InChI=1S/C26H38N4O/c1-2-11-28-12-9-20(10-13-28)24-19-27-25-18-21(7-8-23(24)25)26(31)30-16-14-29(15-17-30)22-5-3-4-6-22/h7-8,18-20,22,27H,2-6,9-17H2,1H3. The van der Waals surface area contributed by atoms with E-state index in [0.717, 1.165) is 43.3 Å². The molecular formula is C26H38N4O. The highest BCUT2D eigenvalue weighted by Gasteiger charge is 2.28. The number of carbonyl (C=O) groups excluding carboxylic acids is 1. The number of rotatable bonds is 5. The number of piperazine rings is 1. The fraction of sp³-hybridized carbons (Fsp3) is 0.654. The maximum absolute atomic E-state index is 13.2. The van der Waals surface area contributed by atoms with E-state index in [1.54, 1.807) is 0 Å². The van der Waals surface area contributed by atoms with Crippen molar-refractivity contribution in [2.24, 2.45) is 0 Å². The van der Waals surface area contributed by atoms with Gasteiger partial charge in [-0.15, -0.1) is 0 Å². The van der Waals surface area contributed by atoms with Crippen LogP contribution in [-0.2, 0) is 0 Å². The number of nitrogens with one attached hydrogen (secondary N) is 1. The Balaban J connectivity index is 1.23. The molecule has 0 unspecified atom stereocenters. The van der Waals surface area contributed by atoms with Crippen LogP contribution in [-0.4, -0.2) is 77.4 Å². The second kappa shape index (κ2) is 9.33. The average molecular weight is 423 g/mol. The SMILES string of the molecule is CCCN1CCC(c2c[nH]c3cc(C(=O)N4CCN(C5CCCC5)CC4)ccc23)CC1. The number of piperidine rings is 1. The van der Waals surface area contributed by atoms with E-state index < -0.39 is 0 Å². The third kappa shape index (κ3) is 4.40. The molecule has 3 heterocycles. The van der Waals surface area contributed by atoms with Gasteiger partial charge in [0.2, 0.25) is 0 Å². The molecule has 2 aromatic rings. The first-order valence-corrected chi connectivity index (χ1v) is 12.6. The molecule has 1 aromatic heterocycles. The van der Waals surface area contributed by atoms with Gasteiger partial charge in [-0.25, -0.2) is 0 Å². The lowest BCUT2D eigenvalue weighted by molar-refractivity contribution is 0.0573. The minimum absolute atomic E-state index is 0.192. The number of carbonyl (C=O) groups is 1. The predicted octanol–water partition coefficient (Wildman–Crippen LogP) is 4.46. The molecule has 2 aliphatic heterocycles. The molecule has 0 bridgehead atoms. The second-order valence-corrected chi connectivity index (χ2v) is 9.89. The van der Waals surface area contributed by atoms with E-state index in [1.165, 1.54) is 75.5 Å². The van der Waals surface area contributed by atoms with Gasteiger partial charge in [0.1, 0.15) is 0 Å². The molecule has 0 spiro atoms. The molecule has 1 aromatic carbocycles. The quantitative estimate of drug-likeness (QED) is 0.774. The summed E-state index contributed by atoms with van der Waals surface area (Å²) in [5.41, 5.74) is 3.38. The molecular weight excluding hydrogens is 384 g/mol. The first kappa shape index (κ1) is 21.0. The number of nitrogens with zero attached hydrogens (tertiary/aromatic N) is 3. The second-order valence-electron chi connectivity index (χ2n) is 9.89. The van der Waals surface area contributed by atoms with Crippen molar-refractivity contribution in [1.29, 1.82) is 0 Å². The van der Waals surface area contributed by atoms with Gasteiger partial charge in [-0.3, -0.25) is 9.69 Å². The van der Waals surface area contributed by atoms with Crippen LogP contribution >= 0.6 is 0 Å². The summed E-state index contributed by atoms with van der Waals surface area (Å²) in [5.74, 6) is 0.823. The molecule has 0 radical (unpaired) electrons. The minimum atomic E-state index is 0.192. The lowest BCUT2D eigenvalue weighted by Crippen LogP contribution is -2.51. The highest BCUT2D eigenvalue weighted by Crippen LogP contribution is 2.34. The van der Waals surface area contributed by atoms with Gasteiger partial charge in [0.25, 0.3) is 5.91 Å². The van der Waals surface area contributed by atoms with Crippen molar-refractivity contribution in [3.05, 3.63) is 35.5 Å². The van der Waals surface area contributed by atoms with Crippen molar-refractivity contribution in [2.75, 3.05) is 45.8 Å². The maximum Gasteiger partial charge on any atom is 0.254 e. The van der Waals surface area contributed by atoms with Crippen molar-refractivity contribution < 1.29 is 4.79 Å². The Kier molecular flexibility index (Phi) is 6.33. The van der Waals surface area contributed by atoms with Gasteiger partial charge in [-0.1, -0.05) is 25.8 Å². The minimum Gasteiger partial charge on any atom is -0.361 e. The van der Waals surface area contributed by atoms with Crippen LogP contribution in [0.2, 0.25) is 0 Å². The fourth-order valence-corrected chi connectivity index (χ4v) is 6.15. The Bertz CT molecular complexity index is 884. The lowest BCUT2D eigenvalue weighted by atomic mass is 9.89. The Morgan fingerprint density at radius 1 is 1.00 bits per heavy atom. The molecule has 3 aliphatic rings. The number of benzene rings is 1. The smallest absolute Gasteiger partial charge is 0.254 e. The molecule has 5 rings (SSSR count). The number of fused-ring (bicyclic) bond motifs is 1. The van der Waals surface area contributed by atoms with E-state index in [2.05, 4.69) is 51.0 Å². The zero-order chi connectivity index (χ0) is 21.2. The Hall–Kier alpha value is -1.85. The normalized spacial score (nSPS) is 22.5. The van der Waals surface area contributed by atoms with E-state index in [9.17, 15) is 4.79 Å². The largest absolute Gasteiger partial charge is 0.361 e. The molecule has 1 amide bonds. The Morgan fingerprint density at radius 3 is 2.45 bits per heavy atom. The van der Waals surface area contributed by atoms with Gasteiger partial charge in [0, 0.05) is 54.9 Å². The summed E-state index contributed by atoms with van der Waals surface area (Å²) in [6, 6.07) is 7.08. The topological polar surface area (TPSA) is 42.6 Å². The summed E-state index contributed by atoms with van der Waals surface area (Å²) in [6.45, 7) is 9.67. The zero-order valence-corrected chi connectivity index (χ0v) is 19.1. The average Bonchev–Trinajstić information content (AvgIpc) is 3.49. The summed E-state index contributed by atoms with van der Waals surface area (Å²) in [6.07, 6.45) is 11.3. The van der Waals surface area contributed by atoms with Crippen molar-refractivity contribution in [1.82, 2.24) is 19.7 Å². The van der Waals surface area contributed by atoms with Gasteiger partial charge in [0.15, 0.2) is 0 Å². The van der Waals surface area contributed by atoms with E-state index in [0.29, 0.717) is 5.92 Å². The van der Waals surface area contributed by atoms with Crippen LogP contribution < -0.4 is 0 Å². The van der Waals surface area contributed by atoms with E-state index >= 15 is 0 Å². The number of hydrogen-bond donors (Lipinski definition) is 1. The van der Waals surface area contributed by atoms with E-state index in [1.807, 2.05) is 0 Å². The van der Waals surface area contributed by atoms with Crippen LogP contribution in [0, 0.1) is 0 Å². The summed E-state index contributed by atoms with van der Waals surface area (Å²) < 4.78 is 0. The molecule has 2 saturated heterocycles. The zero-order valence-electron chi connectivity index (χ0n) is 19.1. The van der Waals surface area contributed by atoms with Crippen LogP contribution in [0.15, 0.2) is 24.4 Å². The summed E-state index contributed by atoms with van der Waals surface area (Å²) in [5, 5.41) is 1.30. The van der Waals surface area contributed by atoms with Crippen molar-refractivity contribution >= 4 is 16.8 Å². The highest BCUT2D eigenvalue weighted by atomic mass is 16.2. The first-order chi connectivity index (χ1) is 15.2. The molecule has 1 aliphatic carbocycles. The third-order valence-electron chi connectivity index (χ3n) is 7.97. The molecule has 0 atom stereocenters. The van der Waals surface area contributed by atoms with Crippen LogP contribution in [0.3, 0.4) is 0 Å². The molecule has 1 N–H and O–H groups in total. The van der Waals surface area contributed by atoms with E-state index in [-0.39, 0.29) is 5.91 Å². The summed E-state index contributed by atoms with van der Waals surface area (Å²) in [7, 11) is 0. The Labute approximate surface area is 186 Å². The van der Waals surface area contributed by atoms with Gasteiger partial charge >= 0.3 is 0 Å². The summed E-state index contributed by atoms with van der Waals surface area (Å²) >= 11 is 0. The van der Waals surface area contributed by atoms with E-state index in [4.69, 9.17) is 0 Å². The molecule has 31 heavy (non-hydrogen) atoms. The highest BCUT2D eigenvalue weighted by molar-refractivity contribution is 5.98. The van der Waals surface area contributed by atoms with Crippen molar-refractivity contribution in [3.8, 4) is 0 Å². The first-order valence-electron chi connectivity index (χ1n) is 12.6. The number of aromatic amines is 1. The van der Waals surface area contributed by atoms with Gasteiger partial charge < -0.3 is 14.8 Å². The van der Waals surface area contributed by atoms with Crippen LogP contribution in [0.1, 0.15) is 73.7 Å². The lowest BCUT2D eigenvalue weighted by Gasteiger charge is -2.38. The molecule has 1 saturated carbocycles. The number of amides is 1. The van der Waals surface area contributed by atoms with Crippen LogP contribution in [0.4, 0.5) is 0 Å². The van der Waals surface area contributed by atoms with Crippen molar-refractivity contribution in [2.45, 2.75) is 63.8 Å². The van der Waals surface area contributed by atoms with Crippen LogP contribution in [0.5, 0.6) is 0 Å². The van der Waals surface area contributed by atoms with Gasteiger partial charge in [-0.05, 0) is 75.4 Å². The van der Waals surface area contributed by atoms with Crippen LogP contribution in [0.25, 0.3) is 10.9 Å². The number of hydrogen-bond acceptors (Lipinski definition) is 3. The van der Waals surface area contributed by atoms with Gasteiger partial charge in [0.05, 0.1) is 0 Å².